The first-order valence-electron chi connectivity index (χ1n) is 3.54. The predicted molar refractivity (Wildman–Crippen MR) is 43.6 cm³/mol. The Morgan fingerprint density at radius 3 is 2.64 bits per heavy atom. The lowest BCUT2D eigenvalue weighted by Crippen LogP contribution is -2.10. The quantitative estimate of drug-likeness (QED) is 0.683. The molecule has 74 valence electrons. The second kappa shape index (κ2) is 3.84. The van der Waals surface area contributed by atoms with Crippen LogP contribution in [0.4, 0.5) is 13.2 Å². The molecule has 0 spiro atoms. The molecule has 0 aliphatic rings. The zero-order valence-corrected chi connectivity index (χ0v) is 7.52. The second-order valence-corrected chi connectivity index (χ2v) is 2.83. The zero-order valence-electron chi connectivity index (χ0n) is 6.77. The van der Waals surface area contributed by atoms with Gasteiger partial charge in [-0.1, -0.05) is 11.6 Å². The minimum Gasteiger partial charge on any atom is -0.244 e. The van der Waals surface area contributed by atoms with Crippen molar-refractivity contribution in [1.29, 1.82) is 5.26 Å². The molecule has 1 rings (SSSR count). The van der Waals surface area contributed by atoms with E-state index in [4.69, 9.17) is 16.9 Å². The van der Waals surface area contributed by atoms with Gasteiger partial charge >= 0.3 is 6.18 Å². The summed E-state index contributed by atoms with van der Waals surface area (Å²) in [6, 6.07) is 2.77. The highest BCUT2D eigenvalue weighted by molar-refractivity contribution is 6.30. The molecule has 0 aliphatic carbocycles. The molecule has 0 unspecified atom stereocenters. The molecule has 1 heterocycles. The van der Waals surface area contributed by atoms with E-state index in [0.29, 0.717) is 0 Å². The Bertz CT molecular complexity index is 381. The van der Waals surface area contributed by atoms with Crippen molar-refractivity contribution in [2.75, 3.05) is 0 Å². The number of halogens is 4. The number of nitriles is 1. The first-order chi connectivity index (χ1) is 6.46. The van der Waals surface area contributed by atoms with Crippen LogP contribution in [0.2, 0.25) is 5.15 Å². The van der Waals surface area contributed by atoms with Gasteiger partial charge in [0, 0.05) is 6.20 Å². The van der Waals surface area contributed by atoms with Crippen LogP contribution in [0.1, 0.15) is 11.1 Å². The highest BCUT2D eigenvalue weighted by Crippen LogP contribution is 2.36. The van der Waals surface area contributed by atoms with Crippen LogP contribution in [-0.4, -0.2) is 4.98 Å². The molecule has 2 nitrogen and oxygen atoms in total. The third kappa shape index (κ3) is 2.15. The summed E-state index contributed by atoms with van der Waals surface area (Å²) < 4.78 is 37.2. The van der Waals surface area contributed by atoms with Crippen LogP contribution in [0.25, 0.3) is 0 Å². The second-order valence-electron chi connectivity index (χ2n) is 2.47. The normalized spacial score (nSPS) is 11.1. The summed E-state index contributed by atoms with van der Waals surface area (Å²) in [5.41, 5.74) is -1.18. The molecule has 0 amide bonds. The van der Waals surface area contributed by atoms with Crippen molar-refractivity contribution in [3.8, 4) is 6.07 Å². The number of rotatable bonds is 1. The van der Waals surface area contributed by atoms with Crippen LogP contribution in [0.5, 0.6) is 0 Å². The van der Waals surface area contributed by atoms with Crippen molar-refractivity contribution in [2.24, 2.45) is 0 Å². The SMILES string of the molecule is N#CCc1ccnc(Cl)c1C(F)(F)F. The van der Waals surface area contributed by atoms with Crippen molar-refractivity contribution >= 4 is 11.6 Å². The Labute approximate surface area is 82.9 Å². The number of hydrogen-bond donors (Lipinski definition) is 0. The minimum absolute atomic E-state index is 0.153. The van der Waals surface area contributed by atoms with Crippen LogP contribution < -0.4 is 0 Å². The Hall–Kier alpha value is -1.28. The van der Waals surface area contributed by atoms with Gasteiger partial charge in [-0.3, -0.25) is 0 Å². The maximum absolute atomic E-state index is 12.4. The zero-order chi connectivity index (χ0) is 10.8. The molecular formula is C8H4ClF3N2. The Kier molecular flexibility index (Phi) is 2.96. The first kappa shape index (κ1) is 10.8. The van der Waals surface area contributed by atoms with Gasteiger partial charge in [-0.2, -0.15) is 18.4 Å². The maximum atomic E-state index is 12.4. The summed E-state index contributed by atoms with van der Waals surface area (Å²) in [5.74, 6) is 0. The minimum atomic E-state index is -4.57. The van der Waals surface area contributed by atoms with E-state index in [2.05, 4.69) is 4.98 Å². The summed E-state index contributed by atoms with van der Waals surface area (Å²) >= 11 is 5.31. The van der Waals surface area contributed by atoms with Crippen molar-refractivity contribution in [1.82, 2.24) is 4.98 Å². The monoisotopic (exact) mass is 220 g/mol. The van der Waals surface area contributed by atoms with E-state index >= 15 is 0 Å². The Balaban J connectivity index is 3.31. The molecule has 6 heteroatoms. The molecule has 0 aliphatic heterocycles. The molecule has 0 saturated heterocycles. The van der Waals surface area contributed by atoms with Crippen LogP contribution in [0.15, 0.2) is 12.3 Å². The average Bonchev–Trinajstić information content (AvgIpc) is 2.02. The number of aromatic nitrogens is 1. The van der Waals surface area contributed by atoms with Gasteiger partial charge in [0.15, 0.2) is 0 Å². The summed E-state index contributed by atoms with van der Waals surface area (Å²) in [4.78, 5) is 3.32. The van der Waals surface area contributed by atoms with Gasteiger partial charge in [0.25, 0.3) is 0 Å². The molecule has 0 fully saturated rings. The summed E-state index contributed by atoms with van der Waals surface area (Å²) in [6.07, 6.45) is -3.77. The molecular weight excluding hydrogens is 217 g/mol. The van der Waals surface area contributed by atoms with Gasteiger partial charge in [0.05, 0.1) is 18.1 Å². The summed E-state index contributed by atoms with van der Waals surface area (Å²) in [5, 5.41) is 7.70. The van der Waals surface area contributed by atoms with Gasteiger partial charge in [0.1, 0.15) is 5.15 Å². The van der Waals surface area contributed by atoms with Gasteiger partial charge < -0.3 is 0 Å². The largest absolute Gasteiger partial charge is 0.419 e. The predicted octanol–water partition coefficient (Wildman–Crippen LogP) is 2.82. The number of alkyl halides is 3. The Morgan fingerprint density at radius 2 is 2.14 bits per heavy atom. The molecule has 0 saturated carbocycles. The van der Waals surface area contributed by atoms with E-state index in [0.717, 1.165) is 12.3 Å². The van der Waals surface area contributed by atoms with Crippen LogP contribution in [0, 0.1) is 11.3 Å². The Morgan fingerprint density at radius 1 is 1.50 bits per heavy atom. The first-order valence-corrected chi connectivity index (χ1v) is 3.92. The molecule has 0 aromatic carbocycles. The van der Waals surface area contributed by atoms with E-state index < -0.39 is 16.9 Å². The molecule has 14 heavy (non-hydrogen) atoms. The smallest absolute Gasteiger partial charge is 0.244 e. The fourth-order valence-corrected chi connectivity index (χ4v) is 1.29. The third-order valence-corrected chi connectivity index (χ3v) is 1.83. The highest BCUT2D eigenvalue weighted by atomic mass is 35.5. The molecule has 1 aromatic heterocycles. The number of nitrogens with zero attached hydrogens (tertiary/aromatic N) is 2. The fraction of sp³-hybridized carbons (Fsp3) is 0.250. The van der Waals surface area contributed by atoms with Crippen molar-refractivity contribution in [3.63, 3.8) is 0 Å². The van der Waals surface area contributed by atoms with E-state index in [1.807, 2.05) is 0 Å². The van der Waals surface area contributed by atoms with Crippen LogP contribution in [0.3, 0.4) is 0 Å². The topological polar surface area (TPSA) is 36.7 Å². The third-order valence-electron chi connectivity index (χ3n) is 1.54. The molecule has 0 bridgehead atoms. The van der Waals surface area contributed by atoms with Crippen LogP contribution in [-0.2, 0) is 12.6 Å². The lowest BCUT2D eigenvalue weighted by atomic mass is 10.1. The number of pyridine rings is 1. The molecule has 0 radical (unpaired) electrons. The lowest BCUT2D eigenvalue weighted by Gasteiger charge is -2.11. The van der Waals surface area contributed by atoms with Gasteiger partial charge in [0.2, 0.25) is 0 Å². The number of hydrogen-bond acceptors (Lipinski definition) is 2. The molecule has 0 N–H and O–H groups in total. The van der Waals surface area contributed by atoms with Crippen molar-refractivity contribution in [2.45, 2.75) is 12.6 Å². The van der Waals surface area contributed by atoms with Crippen molar-refractivity contribution in [3.05, 3.63) is 28.5 Å². The fourth-order valence-electron chi connectivity index (χ4n) is 1.00. The van der Waals surface area contributed by atoms with Crippen molar-refractivity contribution < 1.29 is 13.2 Å². The molecule has 0 atom stereocenters. The average molecular weight is 221 g/mol. The van der Waals surface area contributed by atoms with E-state index in [-0.39, 0.29) is 12.0 Å². The van der Waals surface area contributed by atoms with Crippen LogP contribution >= 0.6 is 11.6 Å². The van der Waals surface area contributed by atoms with E-state index in [1.54, 1.807) is 6.07 Å². The maximum Gasteiger partial charge on any atom is 0.419 e. The van der Waals surface area contributed by atoms with Gasteiger partial charge in [-0.15, -0.1) is 0 Å². The van der Waals surface area contributed by atoms with Gasteiger partial charge in [-0.05, 0) is 11.6 Å². The lowest BCUT2D eigenvalue weighted by molar-refractivity contribution is -0.138. The highest BCUT2D eigenvalue weighted by Gasteiger charge is 2.36. The molecule has 1 aromatic rings. The standard InChI is InChI=1S/C8H4ClF3N2/c9-7-6(8(10,11)12)5(1-3-13)2-4-14-7/h2,4H,1H2. The van der Waals surface area contributed by atoms with E-state index in [9.17, 15) is 13.2 Å². The van der Waals surface area contributed by atoms with Gasteiger partial charge in [-0.25, -0.2) is 4.98 Å². The van der Waals surface area contributed by atoms with E-state index in [1.165, 1.54) is 0 Å². The summed E-state index contributed by atoms with van der Waals surface area (Å²) in [7, 11) is 0. The summed E-state index contributed by atoms with van der Waals surface area (Å²) in [6.45, 7) is 0.